The van der Waals surface area contributed by atoms with Crippen molar-refractivity contribution < 1.29 is 9.53 Å². The minimum absolute atomic E-state index is 0.0826. The van der Waals surface area contributed by atoms with Gasteiger partial charge in [0.05, 0.1) is 6.21 Å². The van der Waals surface area contributed by atoms with Crippen LogP contribution < -0.4 is 15.1 Å². The van der Waals surface area contributed by atoms with Crippen molar-refractivity contribution in [2.24, 2.45) is 5.10 Å². The van der Waals surface area contributed by atoms with Gasteiger partial charge in [0.15, 0.2) is 6.61 Å². The topological polar surface area (TPSA) is 53.9 Å². The molecule has 1 amide bonds. The monoisotopic (exact) mass is 457 g/mol. The average Bonchev–Trinajstić information content (AvgIpc) is 2.67. The van der Waals surface area contributed by atoms with Gasteiger partial charge in [-0.2, -0.15) is 5.10 Å². The summed E-state index contributed by atoms with van der Waals surface area (Å²) in [5, 5.41) is 4.08. The van der Waals surface area contributed by atoms with Crippen molar-refractivity contribution in [1.82, 2.24) is 5.43 Å². The van der Waals surface area contributed by atoms with Crippen LogP contribution >= 0.6 is 15.9 Å². The molecule has 0 radical (unpaired) electrons. The lowest BCUT2D eigenvalue weighted by atomic mass is 9.79. The molecule has 0 aromatic heterocycles. The molecule has 1 atom stereocenters. The van der Waals surface area contributed by atoms with Gasteiger partial charge in [0.25, 0.3) is 5.91 Å². The molecule has 1 aliphatic heterocycles. The number of carbonyl (C=O) groups is 1. The molecule has 0 aliphatic carbocycles. The number of hydrogen-bond donors (Lipinski definition) is 1. The van der Waals surface area contributed by atoms with E-state index in [0.717, 1.165) is 23.0 Å². The summed E-state index contributed by atoms with van der Waals surface area (Å²) in [5.74, 6) is 0.818. The average molecular weight is 458 g/mol. The first-order valence-electron chi connectivity index (χ1n) is 9.92. The van der Waals surface area contributed by atoms with E-state index in [0.29, 0.717) is 11.7 Å². The molecule has 0 saturated heterocycles. The minimum Gasteiger partial charge on any atom is -0.484 e. The largest absolute Gasteiger partial charge is 0.484 e. The first-order valence-corrected chi connectivity index (χ1v) is 10.7. The van der Waals surface area contributed by atoms with E-state index >= 15 is 0 Å². The lowest BCUT2D eigenvalue weighted by molar-refractivity contribution is -0.123. The molecule has 0 spiro atoms. The van der Waals surface area contributed by atoms with Gasteiger partial charge in [-0.15, -0.1) is 0 Å². The molecule has 0 bridgehead atoms. The molecule has 2 aromatic rings. The molecule has 0 unspecified atom stereocenters. The highest BCUT2D eigenvalue weighted by molar-refractivity contribution is 9.10. The number of amides is 1. The van der Waals surface area contributed by atoms with Crippen LogP contribution in [0.3, 0.4) is 0 Å². The highest BCUT2D eigenvalue weighted by atomic mass is 79.9. The van der Waals surface area contributed by atoms with Crippen LogP contribution in [0.15, 0.2) is 52.0 Å². The van der Waals surface area contributed by atoms with Crippen molar-refractivity contribution in [3.63, 3.8) is 0 Å². The van der Waals surface area contributed by atoms with E-state index < -0.39 is 0 Å². The van der Waals surface area contributed by atoms with Gasteiger partial charge in [-0.25, -0.2) is 5.43 Å². The molecule has 2 aromatic carbocycles. The van der Waals surface area contributed by atoms with Crippen molar-refractivity contribution in [3.8, 4) is 5.75 Å². The molecular formula is C23H28BrN3O2. The SMILES string of the molecule is CCN1c2ccc(/C=N\NC(=O)COc3ccc(Br)cc3)cc2[C@H](C)CC1(C)C. The summed E-state index contributed by atoms with van der Waals surface area (Å²) in [6.45, 7) is 9.97. The van der Waals surface area contributed by atoms with Crippen molar-refractivity contribution in [1.29, 1.82) is 0 Å². The summed E-state index contributed by atoms with van der Waals surface area (Å²) in [6, 6.07) is 13.7. The van der Waals surface area contributed by atoms with E-state index in [4.69, 9.17) is 4.74 Å². The van der Waals surface area contributed by atoms with Crippen LogP contribution in [0, 0.1) is 0 Å². The molecule has 0 fully saturated rings. The molecule has 1 N–H and O–H groups in total. The van der Waals surface area contributed by atoms with Gasteiger partial charge >= 0.3 is 0 Å². The van der Waals surface area contributed by atoms with Gasteiger partial charge < -0.3 is 9.64 Å². The summed E-state index contributed by atoms with van der Waals surface area (Å²) >= 11 is 3.36. The zero-order valence-electron chi connectivity index (χ0n) is 17.4. The number of halogens is 1. The van der Waals surface area contributed by atoms with Crippen LogP contribution in [0.4, 0.5) is 5.69 Å². The second-order valence-corrected chi connectivity index (χ2v) is 8.93. The Hall–Kier alpha value is -2.34. The van der Waals surface area contributed by atoms with E-state index in [1.165, 1.54) is 11.3 Å². The second kappa shape index (κ2) is 8.99. The molecule has 154 valence electrons. The Bertz CT molecular complexity index is 893. The summed E-state index contributed by atoms with van der Waals surface area (Å²) in [5.41, 5.74) is 6.27. The number of nitrogens with zero attached hydrogens (tertiary/aromatic N) is 2. The molecule has 3 rings (SSSR count). The van der Waals surface area contributed by atoms with E-state index in [2.05, 4.69) is 71.2 Å². The highest BCUT2D eigenvalue weighted by Gasteiger charge is 2.35. The second-order valence-electron chi connectivity index (χ2n) is 8.02. The summed E-state index contributed by atoms with van der Waals surface area (Å²) in [6.07, 6.45) is 2.79. The van der Waals surface area contributed by atoms with Crippen molar-refractivity contribution >= 4 is 33.7 Å². The fraction of sp³-hybridized carbons (Fsp3) is 0.391. The normalized spacial score (nSPS) is 17.8. The quantitative estimate of drug-likeness (QED) is 0.485. The lowest BCUT2D eigenvalue weighted by Crippen LogP contribution is -2.48. The summed E-state index contributed by atoms with van der Waals surface area (Å²) in [4.78, 5) is 14.4. The number of anilines is 1. The number of carbonyl (C=O) groups excluding carboxylic acids is 1. The maximum absolute atomic E-state index is 11.9. The lowest BCUT2D eigenvalue weighted by Gasteiger charge is -2.47. The molecule has 6 heteroatoms. The number of rotatable bonds is 6. The van der Waals surface area contributed by atoms with Crippen molar-refractivity contribution in [3.05, 3.63) is 58.1 Å². The maximum Gasteiger partial charge on any atom is 0.277 e. The third kappa shape index (κ3) is 5.18. The predicted molar refractivity (Wildman–Crippen MR) is 122 cm³/mol. The first kappa shape index (κ1) is 21.4. The van der Waals surface area contributed by atoms with Gasteiger partial charge in [-0.1, -0.05) is 28.9 Å². The Morgan fingerprint density at radius 1 is 1.31 bits per heavy atom. The number of fused-ring (bicyclic) bond motifs is 1. The Morgan fingerprint density at radius 2 is 2.03 bits per heavy atom. The van der Waals surface area contributed by atoms with E-state index in [-0.39, 0.29) is 18.1 Å². The third-order valence-corrected chi connectivity index (χ3v) is 5.84. The number of nitrogens with one attached hydrogen (secondary N) is 1. The Labute approximate surface area is 181 Å². The molecule has 29 heavy (non-hydrogen) atoms. The van der Waals surface area contributed by atoms with Crippen LogP contribution in [0.2, 0.25) is 0 Å². The van der Waals surface area contributed by atoms with Gasteiger partial charge in [0.2, 0.25) is 0 Å². The molecule has 5 nitrogen and oxygen atoms in total. The fourth-order valence-corrected chi connectivity index (χ4v) is 4.34. The van der Waals surface area contributed by atoms with Crippen LogP contribution in [0.5, 0.6) is 5.75 Å². The van der Waals surface area contributed by atoms with E-state index in [1.807, 2.05) is 18.2 Å². The van der Waals surface area contributed by atoms with E-state index in [9.17, 15) is 4.79 Å². The third-order valence-electron chi connectivity index (χ3n) is 5.31. The zero-order chi connectivity index (χ0) is 21.0. The van der Waals surface area contributed by atoms with E-state index in [1.54, 1.807) is 18.3 Å². The van der Waals surface area contributed by atoms with Crippen molar-refractivity contribution in [2.45, 2.75) is 45.6 Å². The fourth-order valence-electron chi connectivity index (χ4n) is 4.08. The van der Waals surface area contributed by atoms with Crippen LogP contribution in [0.25, 0.3) is 0 Å². The molecule has 1 aliphatic rings. The molecular weight excluding hydrogens is 430 g/mol. The molecule has 1 heterocycles. The first-order chi connectivity index (χ1) is 13.8. The Balaban J connectivity index is 1.60. The van der Waals surface area contributed by atoms with Gasteiger partial charge in [-0.3, -0.25) is 4.79 Å². The standard InChI is InChI=1S/C23H28BrN3O2/c1-5-27-21-11-6-17(12-20(21)16(2)13-23(27,3)4)14-25-26-22(28)15-29-19-9-7-18(24)8-10-19/h6-12,14,16H,5,13,15H2,1-4H3,(H,26,28)/b25-14-/t16-/m1/s1. The summed E-state index contributed by atoms with van der Waals surface area (Å²) < 4.78 is 6.41. The Kier molecular flexibility index (Phi) is 6.63. The number of hydrogen-bond acceptors (Lipinski definition) is 4. The van der Waals surface area contributed by atoms with Crippen LogP contribution in [-0.2, 0) is 4.79 Å². The number of hydrazone groups is 1. The predicted octanol–water partition coefficient (Wildman–Crippen LogP) is 5.09. The summed E-state index contributed by atoms with van der Waals surface area (Å²) in [7, 11) is 0. The van der Waals surface area contributed by atoms with Crippen LogP contribution in [-0.4, -0.2) is 30.8 Å². The zero-order valence-corrected chi connectivity index (χ0v) is 19.0. The maximum atomic E-state index is 11.9. The molecule has 0 saturated carbocycles. The number of benzene rings is 2. The number of ether oxygens (including phenoxy) is 1. The van der Waals surface area contributed by atoms with Gasteiger partial charge in [0, 0.05) is 22.2 Å². The Morgan fingerprint density at radius 3 is 2.72 bits per heavy atom. The van der Waals surface area contributed by atoms with Crippen LogP contribution in [0.1, 0.15) is 51.2 Å². The van der Waals surface area contributed by atoms with Gasteiger partial charge in [-0.05, 0) is 80.6 Å². The van der Waals surface area contributed by atoms with Crippen molar-refractivity contribution in [2.75, 3.05) is 18.1 Å². The van der Waals surface area contributed by atoms with Gasteiger partial charge in [0.1, 0.15) is 5.75 Å². The highest BCUT2D eigenvalue weighted by Crippen LogP contribution is 2.43. The smallest absolute Gasteiger partial charge is 0.277 e. The minimum atomic E-state index is -0.297.